The van der Waals surface area contributed by atoms with Gasteiger partial charge in [-0.15, -0.1) is 0 Å². The molecule has 160 valence electrons. The largest absolute Gasteiger partial charge is 0.297 e. The normalized spacial score (nSPS) is 11.7. The molecule has 0 radical (unpaired) electrons. The second-order valence-corrected chi connectivity index (χ2v) is 8.88. The molecule has 0 saturated heterocycles. The SMILES string of the molecule is Cc1nc2ccccc2n1-c1ccc(-c2cc3ccc4ccccc4c3c3ccccc23)cc1. The van der Waals surface area contributed by atoms with Gasteiger partial charge in [-0.3, -0.25) is 4.57 Å². The first-order chi connectivity index (χ1) is 16.8. The lowest BCUT2D eigenvalue weighted by Crippen LogP contribution is -1.96. The summed E-state index contributed by atoms with van der Waals surface area (Å²) in [7, 11) is 0. The van der Waals surface area contributed by atoms with Crippen molar-refractivity contribution in [2.24, 2.45) is 0 Å². The van der Waals surface area contributed by atoms with E-state index >= 15 is 0 Å². The summed E-state index contributed by atoms with van der Waals surface area (Å²) in [4.78, 5) is 4.73. The van der Waals surface area contributed by atoms with Crippen molar-refractivity contribution in [3.63, 3.8) is 0 Å². The van der Waals surface area contributed by atoms with E-state index in [1.54, 1.807) is 0 Å². The van der Waals surface area contributed by atoms with Gasteiger partial charge in [0.05, 0.1) is 11.0 Å². The topological polar surface area (TPSA) is 17.8 Å². The average Bonchev–Trinajstić information content (AvgIpc) is 3.23. The molecule has 0 aliphatic heterocycles. The molecule has 1 aromatic heterocycles. The predicted octanol–water partition coefficient (Wildman–Crippen LogP) is 8.46. The number of hydrogen-bond donors (Lipinski definition) is 0. The van der Waals surface area contributed by atoms with Gasteiger partial charge in [0, 0.05) is 5.69 Å². The van der Waals surface area contributed by atoms with E-state index < -0.39 is 0 Å². The number of benzene rings is 6. The fraction of sp³-hybridized carbons (Fsp3) is 0.0312. The number of para-hydroxylation sites is 2. The van der Waals surface area contributed by atoms with Crippen LogP contribution in [0.4, 0.5) is 0 Å². The zero-order valence-electron chi connectivity index (χ0n) is 18.9. The summed E-state index contributed by atoms with van der Waals surface area (Å²) in [6.07, 6.45) is 0. The van der Waals surface area contributed by atoms with E-state index in [0.29, 0.717) is 0 Å². The molecule has 0 fully saturated rings. The first-order valence-electron chi connectivity index (χ1n) is 11.7. The molecule has 0 amide bonds. The Morgan fingerprint density at radius 2 is 1.26 bits per heavy atom. The van der Waals surface area contributed by atoms with Crippen LogP contribution in [-0.4, -0.2) is 9.55 Å². The highest BCUT2D eigenvalue weighted by molar-refractivity contribution is 6.23. The van der Waals surface area contributed by atoms with E-state index in [4.69, 9.17) is 4.98 Å². The van der Waals surface area contributed by atoms with E-state index in [9.17, 15) is 0 Å². The standard InChI is InChI=1S/C32H22N2/c1-21-33-30-12-6-7-13-31(30)34(21)25-18-16-23(17-19-25)29-20-24-15-14-22-8-2-3-9-26(22)32(24)28-11-5-4-10-27(28)29/h2-20H,1H3. The van der Waals surface area contributed by atoms with Gasteiger partial charge in [0.1, 0.15) is 5.82 Å². The molecule has 1 heterocycles. The zero-order valence-corrected chi connectivity index (χ0v) is 18.9. The minimum absolute atomic E-state index is 0.997. The number of rotatable bonds is 2. The lowest BCUT2D eigenvalue weighted by molar-refractivity contribution is 1.00. The molecule has 0 N–H and O–H groups in total. The van der Waals surface area contributed by atoms with Gasteiger partial charge in [-0.2, -0.15) is 0 Å². The Labute approximate surface area is 197 Å². The van der Waals surface area contributed by atoms with Crippen LogP contribution < -0.4 is 0 Å². The van der Waals surface area contributed by atoms with E-state index in [1.807, 2.05) is 6.07 Å². The summed E-state index contributed by atoms with van der Waals surface area (Å²) < 4.78 is 2.23. The van der Waals surface area contributed by atoms with Crippen LogP contribution in [0.1, 0.15) is 5.82 Å². The van der Waals surface area contributed by atoms with Gasteiger partial charge in [-0.05, 0) is 80.7 Å². The van der Waals surface area contributed by atoms with Crippen molar-refractivity contribution in [1.29, 1.82) is 0 Å². The van der Waals surface area contributed by atoms with Gasteiger partial charge < -0.3 is 0 Å². The molecule has 0 unspecified atom stereocenters. The minimum atomic E-state index is 0.997. The molecule has 0 aliphatic carbocycles. The number of hydrogen-bond acceptors (Lipinski definition) is 1. The molecule has 2 heteroatoms. The van der Waals surface area contributed by atoms with Gasteiger partial charge in [-0.1, -0.05) is 84.9 Å². The summed E-state index contributed by atoms with van der Waals surface area (Å²) in [5.41, 5.74) is 5.77. The Kier molecular flexibility index (Phi) is 4.09. The van der Waals surface area contributed by atoms with Crippen molar-refractivity contribution in [2.75, 3.05) is 0 Å². The molecule has 0 aliphatic rings. The predicted molar refractivity (Wildman–Crippen MR) is 144 cm³/mol. The summed E-state index contributed by atoms with van der Waals surface area (Å²) in [6, 6.07) is 41.4. The van der Waals surface area contributed by atoms with Crippen molar-refractivity contribution in [3.05, 3.63) is 121 Å². The molecule has 0 saturated carbocycles. The van der Waals surface area contributed by atoms with Crippen LogP contribution in [0.15, 0.2) is 115 Å². The molecular weight excluding hydrogens is 412 g/mol. The minimum Gasteiger partial charge on any atom is -0.297 e. The Morgan fingerprint density at radius 3 is 2.12 bits per heavy atom. The van der Waals surface area contributed by atoms with Crippen molar-refractivity contribution in [1.82, 2.24) is 9.55 Å². The van der Waals surface area contributed by atoms with Crippen LogP contribution in [0.3, 0.4) is 0 Å². The Bertz CT molecular complexity index is 1860. The highest BCUT2D eigenvalue weighted by Gasteiger charge is 2.12. The number of nitrogens with zero attached hydrogens (tertiary/aromatic N) is 2. The highest BCUT2D eigenvalue weighted by atomic mass is 15.1. The Morgan fingerprint density at radius 1 is 0.588 bits per heavy atom. The van der Waals surface area contributed by atoms with Gasteiger partial charge >= 0.3 is 0 Å². The molecule has 7 aromatic rings. The third-order valence-corrected chi connectivity index (χ3v) is 6.91. The summed E-state index contributed by atoms with van der Waals surface area (Å²) in [5, 5.41) is 7.76. The monoisotopic (exact) mass is 434 g/mol. The second kappa shape index (κ2) is 7.29. The number of aryl methyl sites for hydroxylation is 1. The molecule has 0 bridgehead atoms. The van der Waals surface area contributed by atoms with Crippen molar-refractivity contribution in [3.8, 4) is 16.8 Å². The van der Waals surface area contributed by atoms with Crippen LogP contribution in [0, 0.1) is 6.92 Å². The van der Waals surface area contributed by atoms with E-state index in [2.05, 4.69) is 121 Å². The van der Waals surface area contributed by atoms with Gasteiger partial charge in [-0.25, -0.2) is 4.98 Å². The Hall–Kier alpha value is -4.43. The molecule has 6 aromatic carbocycles. The van der Waals surface area contributed by atoms with E-state index in [1.165, 1.54) is 43.4 Å². The molecule has 0 atom stereocenters. The second-order valence-electron chi connectivity index (χ2n) is 8.88. The van der Waals surface area contributed by atoms with Gasteiger partial charge in [0.25, 0.3) is 0 Å². The maximum Gasteiger partial charge on any atom is 0.111 e. The quantitative estimate of drug-likeness (QED) is 0.250. The number of aromatic nitrogens is 2. The molecule has 7 rings (SSSR count). The zero-order chi connectivity index (χ0) is 22.6. The first kappa shape index (κ1) is 19.1. The fourth-order valence-corrected chi connectivity index (χ4v) is 5.38. The number of imidazole rings is 1. The molecule has 2 nitrogen and oxygen atoms in total. The third-order valence-electron chi connectivity index (χ3n) is 6.91. The van der Waals surface area contributed by atoms with Crippen molar-refractivity contribution in [2.45, 2.75) is 6.92 Å². The van der Waals surface area contributed by atoms with Crippen LogP contribution in [-0.2, 0) is 0 Å². The van der Waals surface area contributed by atoms with Crippen LogP contribution >= 0.6 is 0 Å². The van der Waals surface area contributed by atoms with Gasteiger partial charge in [0.15, 0.2) is 0 Å². The lowest BCUT2D eigenvalue weighted by atomic mass is 9.91. The molecule has 0 spiro atoms. The average molecular weight is 435 g/mol. The highest BCUT2D eigenvalue weighted by Crippen LogP contribution is 2.38. The van der Waals surface area contributed by atoms with Crippen molar-refractivity contribution >= 4 is 43.4 Å². The first-order valence-corrected chi connectivity index (χ1v) is 11.7. The Balaban J connectivity index is 1.44. The molecule has 34 heavy (non-hydrogen) atoms. The number of fused-ring (bicyclic) bond motifs is 6. The summed E-state index contributed by atoms with van der Waals surface area (Å²) in [5.74, 6) is 0.997. The van der Waals surface area contributed by atoms with Crippen molar-refractivity contribution < 1.29 is 0 Å². The fourth-order valence-electron chi connectivity index (χ4n) is 5.38. The van der Waals surface area contributed by atoms with E-state index in [-0.39, 0.29) is 0 Å². The van der Waals surface area contributed by atoms with Crippen LogP contribution in [0.5, 0.6) is 0 Å². The third kappa shape index (κ3) is 2.79. The van der Waals surface area contributed by atoms with E-state index in [0.717, 1.165) is 22.5 Å². The maximum atomic E-state index is 4.73. The lowest BCUT2D eigenvalue weighted by Gasteiger charge is -2.14. The van der Waals surface area contributed by atoms with Gasteiger partial charge in [0.2, 0.25) is 0 Å². The summed E-state index contributed by atoms with van der Waals surface area (Å²) in [6.45, 7) is 2.06. The van der Waals surface area contributed by atoms with Crippen LogP contribution in [0.25, 0.3) is 60.2 Å². The maximum absolute atomic E-state index is 4.73. The summed E-state index contributed by atoms with van der Waals surface area (Å²) >= 11 is 0. The van der Waals surface area contributed by atoms with Crippen LogP contribution in [0.2, 0.25) is 0 Å². The molecular formula is C32H22N2. The smallest absolute Gasteiger partial charge is 0.111 e.